The van der Waals surface area contributed by atoms with Gasteiger partial charge in [0, 0.05) is 48.8 Å². The highest BCUT2D eigenvalue weighted by Crippen LogP contribution is 2.33. The number of piperazine rings is 1. The quantitative estimate of drug-likeness (QED) is 0.430. The summed E-state index contributed by atoms with van der Waals surface area (Å²) < 4.78 is 21.7. The molecule has 2 saturated heterocycles. The third kappa shape index (κ3) is 3.93. The molecule has 2 fully saturated rings. The van der Waals surface area contributed by atoms with Gasteiger partial charge in [0.1, 0.15) is 11.6 Å². The second-order valence-electron chi connectivity index (χ2n) is 9.23. The largest absolute Gasteiger partial charge is 0.496 e. The molecular formula is C27H27FN6O. The van der Waals surface area contributed by atoms with E-state index in [1.54, 1.807) is 30.6 Å². The van der Waals surface area contributed by atoms with Crippen molar-refractivity contribution in [3.63, 3.8) is 0 Å². The summed E-state index contributed by atoms with van der Waals surface area (Å²) >= 11 is 0. The lowest BCUT2D eigenvalue weighted by atomic mass is 10.1. The second kappa shape index (κ2) is 8.78. The maximum Gasteiger partial charge on any atom is 0.166 e. The molecule has 2 aromatic heterocycles. The average molecular weight is 471 g/mol. The Bertz CT molecular complexity index is 1360. The maximum absolute atomic E-state index is 14.6. The fourth-order valence-corrected chi connectivity index (χ4v) is 5.28. The van der Waals surface area contributed by atoms with Crippen molar-refractivity contribution in [3.8, 4) is 34.1 Å². The van der Waals surface area contributed by atoms with Gasteiger partial charge in [-0.25, -0.2) is 19.0 Å². The Kier molecular flexibility index (Phi) is 5.45. The third-order valence-electron chi connectivity index (χ3n) is 7.26. The summed E-state index contributed by atoms with van der Waals surface area (Å²) in [4.78, 5) is 13.9. The number of hydrogen-bond donors (Lipinski definition) is 0. The highest BCUT2D eigenvalue weighted by atomic mass is 19.1. The maximum atomic E-state index is 14.6. The van der Waals surface area contributed by atoms with Crippen LogP contribution in [0.2, 0.25) is 0 Å². The normalized spacial score (nSPS) is 19.8. The zero-order valence-corrected chi connectivity index (χ0v) is 19.8. The van der Waals surface area contributed by atoms with Gasteiger partial charge < -0.3 is 9.64 Å². The molecule has 2 aliphatic heterocycles. The number of hydrogen-bond acceptors (Lipinski definition) is 6. The van der Waals surface area contributed by atoms with Crippen LogP contribution in [0.3, 0.4) is 0 Å². The van der Waals surface area contributed by atoms with Crippen LogP contribution >= 0.6 is 0 Å². The Morgan fingerprint density at radius 1 is 1.00 bits per heavy atom. The van der Waals surface area contributed by atoms with Crippen LogP contribution in [0.4, 0.5) is 10.1 Å². The molecule has 4 aromatic rings. The molecule has 2 aliphatic rings. The van der Waals surface area contributed by atoms with Crippen LogP contribution in [0.1, 0.15) is 12.8 Å². The monoisotopic (exact) mass is 470 g/mol. The lowest BCUT2D eigenvalue weighted by Crippen LogP contribution is -2.52. The van der Waals surface area contributed by atoms with E-state index >= 15 is 0 Å². The van der Waals surface area contributed by atoms with Crippen LogP contribution in [0.25, 0.3) is 28.3 Å². The van der Waals surface area contributed by atoms with Crippen LogP contribution in [0.15, 0.2) is 67.1 Å². The van der Waals surface area contributed by atoms with Gasteiger partial charge in [0.15, 0.2) is 5.82 Å². The lowest BCUT2D eigenvalue weighted by molar-refractivity contribution is 0.212. The van der Waals surface area contributed by atoms with Crippen molar-refractivity contribution in [2.75, 3.05) is 32.1 Å². The van der Waals surface area contributed by atoms with E-state index in [9.17, 15) is 4.39 Å². The molecule has 2 bridgehead atoms. The summed E-state index contributed by atoms with van der Waals surface area (Å²) in [6.07, 6.45) is 7.90. The first-order valence-corrected chi connectivity index (χ1v) is 11.9. The Morgan fingerprint density at radius 3 is 2.57 bits per heavy atom. The van der Waals surface area contributed by atoms with Crippen molar-refractivity contribution in [3.05, 3.63) is 72.9 Å². The minimum atomic E-state index is -0.425. The zero-order chi connectivity index (χ0) is 23.9. The van der Waals surface area contributed by atoms with E-state index in [0.717, 1.165) is 24.3 Å². The molecule has 0 saturated carbocycles. The number of rotatable bonds is 5. The summed E-state index contributed by atoms with van der Waals surface area (Å²) in [5.74, 6) is 0.246. The van der Waals surface area contributed by atoms with Gasteiger partial charge in [-0.3, -0.25) is 4.90 Å². The molecule has 0 spiro atoms. The number of ether oxygens (including phenoxy) is 1. The number of fused-ring (bicyclic) bond motifs is 2. The molecule has 7 nitrogen and oxygen atoms in total. The fourth-order valence-electron chi connectivity index (χ4n) is 5.28. The summed E-state index contributed by atoms with van der Waals surface area (Å²) in [5, 5.41) is 4.59. The first kappa shape index (κ1) is 21.7. The summed E-state index contributed by atoms with van der Waals surface area (Å²) in [7, 11) is 3.76. The lowest BCUT2D eigenvalue weighted by Gasteiger charge is -2.40. The molecule has 35 heavy (non-hydrogen) atoms. The van der Waals surface area contributed by atoms with Crippen molar-refractivity contribution in [2.24, 2.45) is 0 Å². The number of methoxy groups -OCH3 is 1. The van der Waals surface area contributed by atoms with Gasteiger partial charge in [-0.2, -0.15) is 5.10 Å². The molecule has 2 aromatic carbocycles. The topological polar surface area (TPSA) is 59.3 Å². The molecule has 2 unspecified atom stereocenters. The molecule has 0 radical (unpaired) electrons. The number of halogens is 1. The molecular weight excluding hydrogens is 443 g/mol. The molecule has 6 rings (SSSR count). The minimum Gasteiger partial charge on any atom is -0.496 e. The predicted molar refractivity (Wildman–Crippen MR) is 133 cm³/mol. The van der Waals surface area contributed by atoms with E-state index in [1.807, 2.05) is 10.9 Å². The van der Waals surface area contributed by atoms with E-state index in [4.69, 9.17) is 4.74 Å². The van der Waals surface area contributed by atoms with Crippen LogP contribution in [-0.4, -0.2) is 64.0 Å². The van der Waals surface area contributed by atoms with Gasteiger partial charge in [0.25, 0.3) is 0 Å². The minimum absolute atomic E-state index is 0.248. The summed E-state index contributed by atoms with van der Waals surface area (Å²) in [6, 6.07) is 16.3. The first-order chi connectivity index (χ1) is 17.1. The molecule has 0 amide bonds. The fraction of sp³-hybridized carbons (Fsp3) is 0.296. The van der Waals surface area contributed by atoms with Gasteiger partial charge in [-0.1, -0.05) is 12.1 Å². The van der Waals surface area contributed by atoms with Crippen molar-refractivity contribution in [1.82, 2.24) is 24.6 Å². The van der Waals surface area contributed by atoms with Gasteiger partial charge >= 0.3 is 0 Å². The van der Waals surface area contributed by atoms with E-state index in [1.165, 1.54) is 31.7 Å². The van der Waals surface area contributed by atoms with Crippen molar-refractivity contribution in [1.29, 1.82) is 0 Å². The number of likely N-dealkylation sites (N-methyl/N-ethyl adjacent to an activating group) is 1. The standard InChI is InChI=1S/C27H27FN6O/c1-32-21-9-10-22(32)17-33(16-21)19-5-3-6-20(13-19)34-15-18(14-30-34)24-11-12-29-27(31-24)26-23(28)7-4-8-25(26)35-2/h3-8,11-15,21-22H,9-10,16-17H2,1-2H3. The Labute approximate surface area is 203 Å². The predicted octanol–water partition coefficient (Wildman–Crippen LogP) is 4.43. The van der Waals surface area contributed by atoms with E-state index in [2.05, 4.69) is 56.2 Å². The van der Waals surface area contributed by atoms with Crippen molar-refractivity contribution in [2.45, 2.75) is 24.9 Å². The van der Waals surface area contributed by atoms with E-state index in [0.29, 0.717) is 23.5 Å². The van der Waals surface area contributed by atoms with Crippen molar-refractivity contribution >= 4 is 5.69 Å². The van der Waals surface area contributed by atoms with Gasteiger partial charge in [-0.15, -0.1) is 0 Å². The Hall–Kier alpha value is -3.78. The highest BCUT2D eigenvalue weighted by Gasteiger charge is 2.37. The van der Waals surface area contributed by atoms with Gasteiger partial charge in [0.2, 0.25) is 0 Å². The SMILES string of the molecule is COc1cccc(F)c1-c1nccc(-c2cnn(-c3cccc(N4CC5CCC(C4)N5C)c3)c2)n1. The highest BCUT2D eigenvalue weighted by molar-refractivity contribution is 5.68. The van der Waals surface area contributed by atoms with Crippen LogP contribution in [0.5, 0.6) is 5.75 Å². The molecule has 178 valence electrons. The summed E-state index contributed by atoms with van der Waals surface area (Å²) in [6.45, 7) is 2.12. The molecule has 2 atom stereocenters. The number of benzene rings is 2. The first-order valence-electron chi connectivity index (χ1n) is 11.9. The number of nitrogens with zero attached hydrogens (tertiary/aromatic N) is 6. The number of aromatic nitrogens is 4. The molecule has 8 heteroatoms. The smallest absolute Gasteiger partial charge is 0.166 e. The van der Waals surface area contributed by atoms with Gasteiger partial charge in [-0.05, 0) is 56.3 Å². The average Bonchev–Trinajstić information content (AvgIpc) is 3.44. The summed E-state index contributed by atoms with van der Waals surface area (Å²) in [5.41, 5.74) is 3.95. The van der Waals surface area contributed by atoms with Gasteiger partial charge in [0.05, 0.1) is 30.3 Å². The Morgan fingerprint density at radius 2 is 1.77 bits per heavy atom. The third-order valence-corrected chi connectivity index (χ3v) is 7.26. The van der Waals surface area contributed by atoms with Crippen LogP contribution < -0.4 is 9.64 Å². The molecule has 0 aliphatic carbocycles. The van der Waals surface area contributed by atoms with E-state index in [-0.39, 0.29) is 11.4 Å². The van der Waals surface area contributed by atoms with Crippen LogP contribution in [-0.2, 0) is 0 Å². The zero-order valence-electron chi connectivity index (χ0n) is 19.8. The van der Waals surface area contributed by atoms with E-state index < -0.39 is 5.82 Å². The number of anilines is 1. The molecule has 0 N–H and O–H groups in total. The second-order valence-corrected chi connectivity index (χ2v) is 9.23. The van der Waals surface area contributed by atoms with Crippen LogP contribution in [0, 0.1) is 5.82 Å². The molecule has 4 heterocycles. The van der Waals surface area contributed by atoms with Crippen molar-refractivity contribution < 1.29 is 9.13 Å². The Balaban J connectivity index is 1.28.